The fraction of sp³-hybridized carbons (Fsp3) is 0.176. The van der Waals surface area contributed by atoms with E-state index < -0.39 is 0 Å². The number of hydrogen-bond acceptors (Lipinski definition) is 9. The van der Waals surface area contributed by atoms with Gasteiger partial charge >= 0.3 is 0 Å². The summed E-state index contributed by atoms with van der Waals surface area (Å²) in [7, 11) is 3.21. The molecular formula is C17H16N6O3S. The second kappa shape index (κ2) is 6.82. The zero-order chi connectivity index (χ0) is 19.0. The highest BCUT2D eigenvalue weighted by molar-refractivity contribution is 7.13. The highest BCUT2D eigenvalue weighted by Crippen LogP contribution is 2.33. The molecule has 0 spiro atoms. The van der Waals surface area contributed by atoms with Crippen LogP contribution in [-0.4, -0.2) is 44.1 Å². The molecular weight excluding hydrogens is 368 g/mol. The molecule has 10 heteroatoms. The summed E-state index contributed by atoms with van der Waals surface area (Å²) in [4.78, 5) is 4.00. The van der Waals surface area contributed by atoms with Crippen LogP contribution >= 0.6 is 11.3 Å². The number of aromatic nitrogens is 5. The Morgan fingerprint density at radius 2 is 1.96 bits per heavy atom. The molecule has 3 aromatic heterocycles. The summed E-state index contributed by atoms with van der Waals surface area (Å²) in [6.07, 6.45) is 0. The first-order valence-corrected chi connectivity index (χ1v) is 8.82. The fourth-order valence-corrected chi connectivity index (χ4v) is 3.45. The Morgan fingerprint density at radius 1 is 1.19 bits per heavy atom. The highest BCUT2D eigenvalue weighted by atomic mass is 32.1. The minimum absolute atomic E-state index is 0.0873. The van der Waals surface area contributed by atoms with Crippen molar-refractivity contribution in [2.45, 2.75) is 6.61 Å². The van der Waals surface area contributed by atoms with Gasteiger partial charge in [-0.25, -0.2) is 0 Å². The normalized spacial score (nSPS) is 11.2. The molecule has 0 aliphatic heterocycles. The number of methoxy groups -OCH3 is 2. The lowest BCUT2D eigenvalue weighted by atomic mass is 10.1. The van der Waals surface area contributed by atoms with Gasteiger partial charge in [0.25, 0.3) is 0 Å². The largest absolute Gasteiger partial charge is 0.497 e. The van der Waals surface area contributed by atoms with E-state index in [1.165, 1.54) is 21.2 Å². The van der Waals surface area contributed by atoms with Crippen LogP contribution in [0.25, 0.3) is 27.5 Å². The molecule has 0 bridgehead atoms. The van der Waals surface area contributed by atoms with Gasteiger partial charge in [0.15, 0.2) is 22.2 Å². The van der Waals surface area contributed by atoms with E-state index >= 15 is 0 Å². The van der Waals surface area contributed by atoms with Gasteiger partial charge in [-0.15, -0.1) is 21.5 Å². The number of benzene rings is 1. The van der Waals surface area contributed by atoms with Crippen molar-refractivity contribution in [3.63, 3.8) is 0 Å². The molecule has 4 aromatic rings. The van der Waals surface area contributed by atoms with E-state index in [-0.39, 0.29) is 18.3 Å². The number of anilines is 1. The van der Waals surface area contributed by atoms with Crippen LogP contribution in [0.4, 0.5) is 5.82 Å². The SMILES string of the molecule is COCc1nn2c(N)c(-c3nc(O)cs3)nnc2c1-c1ccc(OC)cc1. The van der Waals surface area contributed by atoms with E-state index in [1.807, 2.05) is 24.3 Å². The summed E-state index contributed by atoms with van der Waals surface area (Å²) in [5.41, 5.74) is 9.52. The standard InChI is InChI=1S/C17H16N6O3S/c1-25-7-11-13(9-3-5-10(26-2)6-4-9)16-21-20-14(15(18)23(16)22-11)17-19-12(24)8-27-17/h3-6,8,24H,7,18H2,1-2H3. The molecule has 9 nitrogen and oxygen atoms in total. The van der Waals surface area contributed by atoms with Gasteiger partial charge in [-0.3, -0.25) is 0 Å². The van der Waals surface area contributed by atoms with Crippen molar-refractivity contribution >= 4 is 22.8 Å². The number of aromatic hydroxyl groups is 1. The monoisotopic (exact) mass is 384 g/mol. The zero-order valence-electron chi connectivity index (χ0n) is 14.6. The maximum absolute atomic E-state index is 9.49. The average molecular weight is 384 g/mol. The van der Waals surface area contributed by atoms with Gasteiger partial charge in [0.05, 0.1) is 30.4 Å². The Bertz CT molecular complexity index is 1110. The first-order valence-electron chi connectivity index (χ1n) is 7.94. The summed E-state index contributed by atoms with van der Waals surface area (Å²) in [6.45, 7) is 0.289. The number of ether oxygens (including phenoxy) is 2. The van der Waals surface area contributed by atoms with Crippen LogP contribution in [0, 0.1) is 0 Å². The number of hydrogen-bond donors (Lipinski definition) is 2. The first kappa shape index (κ1) is 17.2. The minimum Gasteiger partial charge on any atom is -0.497 e. The third-order valence-electron chi connectivity index (χ3n) is 4.00. The maximum Gasteiger partial charge on any atom is 0.222 e. The Hall–Kier alpha value is -3.24. The third kappa shape index (κ3) is 2.94. The Kier molecular flexibility index (Phi) is 4.34. The Balaban J connectivity index is 1.92. The average Bonchev–Trinajstić information content (AvgIpc) is 3.26. The topological polar surface area (TPSA) is 121 Å². The van der Waals surface area contributed by atoms with Crippen molar-refractivity contribution in [2.24, 2.45) is 0 Å². The molecule has 138 valence electrons. The van der Waals surface area contributed by atoms with Crippen molar-refractivity contribution in [2.75, 3.05) is 20.0 Å². The molecule has 3 N–H and O–H groups in total. The van der Waals surface area contributed by atoms with Gasteiger partial charge in [0.2, 0.25) is 5.88 Å². The molecule has 27 heavy (non-hydrogen) atoms. The van der Waals surface area contributed by atoms with Crippen molar-refractivity contribution < 1.29 is 14.6 Å². The molecule has 4 rings (SSSR count). The number of nitrogen functional groups attached to an aromatic ring is 1. The second-order valence-electron chi connectivity index (χ2n) is 5.66. The van der Waals surface area contributed by atoms with E-state index in [0.717, 1.165) is 16.9 Å². The van der Waals surface area contributed by atoms with Crippen LogP contribution in [-0.2, 0) is 11.3 Å². The number of nitrogens with zero attached hydrogens (tertiary/aromatic N) is 5. The molecule has 1 aromatic carbocycles. The third-order valence-corrected chi connectivity index (χ3v) is 4.84. The van der Waals surface area contributed by atoms with E-state index in [9.17, 15) is 5.11 Å². The molecule has 0 saturated heterocycles. The Labute approximate surface area is 158 Å². The lowest BCUT2D eigenvalue weighted by molar-refractivity contribution is 0.181. The zero-order valence-corrected chi connectivity index (χ0v) is 15.4. The van der Waals surface area contributed by atoms with Crippen LogP contribution in [0.2, 0.25) is 0 Å². The van der Waals surface area contributed by atoms with Crippen LogP contribution in [0.5, 0.6) is 11.6 Å². The molecule has 3 heterocycles. The van der Waals surface area contributed by atoms with Gasteiger partial charge in [-0.1, -0.05) is 12.1 Å². The molecule has 0 aliphatic carbocycles. The van der Waals surface area contributed by atoms with Crippen LogP contribution in [0.3, 0.4) is 0 Å². The summed E-state index contributed by atoms with van der Waals surface area (Å²) in [5, 5.41) is 24.6. The molecule has 0 amide bonds. The van der Waals surface area contributed by atoms with Gasteiger partial charge in [0.1, 0.15) is 5.75 Å². The second-order valence-corrected chi connectivity index (χ2v) is 6.52. The lowest BCUT2D eigenvalue weighted by Crippen LogP contribution is -2.05. The molecule has 0 unspecified atom stereocenters. The fourth-order valence-electron chi connectivity index (χ4n) is 2.78. The maximum atomic E-state index is 9.49. The first-order chi connectivity index (χ1) is 13.1. The van der Waals surface area contributed by atoms with Crippen LogP contribution in [0.1, 0.15) is 5.69 Å². The number of rotatable bonds is 5. The van der Waals surface area contributed by atoms with E-state index in [2.05, 4.69) is 20.3 Å². The molecule has 0 atom stereocenters. The van der Waals surface area contributed by atoms with Crippen molar-refractivity contribution in [1.82, 2.24) is 24.8 Å². The molecule has 0 aliphatic rings. The van der Waals surface area contributed by atoms with Gasteiger partial charge in [-0.05, 0) is 17.7 Å². The molecule has 0 radical (unpaired) electrons. The summed E-state index contributed by atoms with van der Waals surface area (Å²) in [5.74, 6) is 0.946. The molecule has 0 fully saturated rings. The van der Waals surface area contributed by atoms with Crippen molar-refractivity contribution in [1.29, 1.82) is 0 Å². The summed E-state index contributed by atoms with van der Waals surface area (Å²) < 4.78 is 12.0. The van der Waals surface area contributed by atoms with Crippen molar-refractivity contribution in [3.8, 4) is 33.5 Å². The van der Waals surface area contributed by atoms with Crippen LogP contribution in [0.15, 0.2) is 29.6 Å². The number of thiazole rings is 1. The van der Waals surface area contributed by atoms with E-state index in [1.54, 1.807) is 14.2 Å². The van der Waals surface area contributed by atoms with Gasteiger partial charge in [-0.2, -0.15) is 14.6 Å². The quantitative estimate of drug-likeness (QED) is 0.538. The molecule has 0 saturated carbocycles. The number of fused-ring (bicyclic) bond motifs is 1. The number of nitrogens with two attached hydrogens (primary N) is 1. The predicted molar refractivity (Wildman–Crippen MR) is 101 cm³/mol. The minimum atomic E-state index is -0.0873. The van der Waals surface area contributed by atoms with Gasteiger partial charge in [0, 0.05) is 7.11 Å². The Morgan fingerprint density at radius 3 is 2.59 bits per heavy atom. The van der Waals surface area contributed by atoms with Gasteiger partial charge < -0.3 is 20.3 Å². The van der Waals surface area contributed by atoms with Crippen LogP contribution < -0.4 is 10.5 Å². The lowest BCUT2D eigenvalue weighted by Gasteiger charge is -2.05. The highest BCUT2D eigenvalue weighted by Gasteiger charge is 2.21. The van der Waals surface area contributed by atoms with Crippen molar-refractivity contribution in [3.05, 3.63) is 35.3 Å². The van der Waals surface area contributed by atoms with E-state index in [0.29, 0.717) is 22.0 Å². The predicted octanol–water partition coefficient (Wildman–Crippen LogP) is 2.36. The van der Waals surface area contributed by atoms with E-state index in [4.69, 9.17) is 15.2 Å². The summed E-state index contributed by atoms with van der Waals surface area (Å²) in [6, 6.07) is 7.55. The summed E-state index contributed by atoms with van der Waals surface area (Å²) >= 11 is 1.22. The smallest absolute Gasteiger partial charge is 0.222 e.